The fourth-order valence-corrected chi connectivity index (χ4v) is 3.45. The molecule has 10 heteroatoms. The standard InChI is InChI=1S/C16H21FN2O6S/c1-26(23,24)19(11-16(21)22)10-13-9-18(6-7-25-13)15(20)8-12-4-2-3-5-14(12)17/h2-5,13H,6-11H2,1H3,(H,21,22). The van der Waals surface area contributed by atoms with Crippen molar-refractivity contribution in [1.29, 1.82) is 0 Å². The Morgan fingerprint density at radius 3 is 2.69 bits per heavy atom. The molecule has 1 aromatic carbocycles. The van der Waals surface area contributed by atoms with E-state index in [1.165, 1.54) is 23.1 Å². The molecule has 1 aliphatic rings. The minimum absolute atomic E-state index is 0.107. The maximum Gasteiger partial charge on any atom is 0.318 e. The summed E-state index contributed by atoms with van der Waals surface area (Å²) in [5.74, 6) is -2.04. The van der Waals surface area contributed by atoms with Crippen molar-refractivity contribution >= 4 is 21.9 Å². The number of carbonyl (C=O) groups is 2. The zero-order chi connectivity index (χ0) is 19.3. The van der Waals surface area contributed by atoms with Gasteiger partial charge in [-0.25, -0.2) is 12.8 Å². The minimum atomic E-state index is -3.73. The van der Waals surface area contributed by atoms with Crippen LogP contribution in [-0.2, 0) is 30.8 Å². The molecule has 0 aromatic heterocycles. The van der Waals surface area contributed by atoms with E-state index in [2.05, 4.69) is 0 Å². The molecule has 8 nitrogen and oxygen atoms in total. The van der Waals surface area contributed by atoms with Crippen molar-refractivity contribution in [1.82, 2.24) is 9.21 Å². The molecular weight excluding hydrogens is 367 g/mol. The van der Waals surface area contributed by atoms with E-state index in [9.17, 15) is 22.4 Å². The minimum Gasteiger partial charge on any atom is -0.480 e. The second-order valence-electron chi connectivity index (χ2n) is 6.05. The molecule has 26 heavy (non-hydrogen) atoms. The van der Waals surface area contributed by atoms with E-state index in [4.69, 9.17) is 9.84 Å². The van der Waals surface area contributed by atoms with Gasteiger partial charge in [0.1, 0.15) is 12.4 Å². The van der Waals surface area contributed by atoms with Gasteiger partial charge in [-0.2, -0.15) is 4.31 Å². The normalized spacial score (nSPS) is 18.1. The molecule has 1 amide bonds. The summed E-state index contributed by atoms with van der Waals surface area (Å²) in [6.45, 7) is -0.241. The number of nitrogens with zero attached hydrogens (tertiary/aromatic N) is 2. The number of hydrogen-bond donors (Lipinski definition) is 1. The molecule has 1 unspecified atom stereocenters. The highest BCUT2D eigenvalue weighted by Gasteiger charge is 2.29. The fraction of sp³-hybridized carbons (Fsp3) is 0.500. The molecule has 1 N–H and O–H groups in total. The van der Waals surface area contributed by atoms with Gasteiger partial charge in [0.25, 0.3) is 0 Å². The van der Waals surface area contributed by atoms with Crippen LogP contribution in [0.3, 0.4) is 0 Å². The number of ether oxygens (including phenoxy) is 1. The predicted octanol–water partition coefficient (Wildman–Crippen LogP) is -0.0582. The lowest BCUT2D eigenvalue weighted by atomic mass is 10.1. The van der Waals surface area contributed by atoms with Gasteiger partial charge in [-0.3, -0.25) is 9.59 Å². The molecule has 1 heterocycles. The lowest BCUT2D eigenvalue weighted by Gasteiger charge is -2.35. The van der Waals surface area contributed by atoms with Crippen LogP contribution in [0.2, 0.25) is 0 Å². The largest absolute Gasteiger partial charge is 0.480 e. The van der Waals surface area contributed by atoms with E-state index in [1.54, 1.807) is 6.07 Å². The number of benzene rings is 1. The first-order valence-electron chi connectivity index (χ1n) is 7.96. The van der Waals surface area contributed by atoms with Crippen LogP contribution >= 0.6 is 0 Å². The summed E-state index contributed by atoms with van der Waals surface area (Å²) in [7, 11) is -3.73. The van der Waals surface area contributed by atoms with E-state index in [0.717, 1.165) is 10.6 Å². The summed E-state index contributed by atoms with van der Waals surface area (Å²) in [6, 6.07) is 5.99. The number of morpholine rings is 1. The number of rotatable bonds is 7. The fourth-order valence-electron chi connectivity index (χ4n) is 2.67. The van der Waals surface area contributed by atoms with Gasteiger partial charge in [0, 0.05) is 19.6 Å². The van der Waals surface area contributed by atoms with Crippen molar-refractivity contribution in [3.05, 3.63) is 35.6 Å². The van der Waals surface area contributed by atoms with Gasteiger partial charge in [-0.05, 0) is 11.6 Å². The summed E-state index contributed by atoms with van der Waals surface area (Å²) in [5.41, 5.74) is 0.282. The molecule has 144 valence electrons. The van der Waals surface area contributed by atoms with Crippen LogP contribution in [-0.4, -0.2) is 79.8 Å². The lowest BCUT2D eigenvalue weighted by Crippen LogP contribution is -2.51. The molecule has 2 rings (SSSR count). The van der Waals surface area contributed by atoms with Crippen LogP contribution in [0.15, 0.2) is 24.3 Å². The number of sulfonamides is 1. The molecule has 1 aromatic rings. The Kier molecular flexibility index (Phi) is 6.68. The van der Waals surface area contributed by atoms with Crippen LogP contribution in [0.4, 0.5) is 4.39 Å². The third-order valence-electron chi connectivity index (χ3n) is 3.98. The van der Waals surface area contributed by atoms with Crippen molar-refractivity contribution in [3.8, 4) is 0 Å². The zero-order valence-electron chi connectivity index (χ0n) is 14.3. The van der Waals surface area contributed by atoms with Crippen LogP contribution < -0.4 is 0 Å². The number of amides is 1. The highest BCUT2D eigenvalue weighted by Crippen LogP contribution is 2.13. The molecule has 1 fully saturated rings. The number of carboxylic acid groups (broad SMARTS) is 1. The monoisotopic (exact) mass is 388 g/mol. The zero-order valence-corrected chi connectivity index (χ0v) is 15.1. The SMILES string of the molecule is CS(=O)(=O)N(CC(=O)O)CC1CN(C(=O)Cc2ccccc2F)CCO1. The van der Waals surface area contributed by atoms with Gasteiger partial charge in [0.05, 0.1) is 25.4 Å². The third kappa shape index (κ3) is 5.75. The summed E-state index contributed by atoms with van der Waals surface area (Å²) >= 11 is 0. The van der Waals surface area contributed by atoms with E-state index in [0.29, 0.717) is 6.54 Å². The Hall–Kier alpha value is -2.04. The third-order valence-corrected chi connectivity index (χ3v) is 5.20. The molecular formula is C16H21FN2O6S. The van der Waals surface area contributed by atoms with E-state index >= 15 is 0 Å². The van der Waals surface area contributed by atoms with Crippen molar-refractivity contribution in [2.24, 2.45) is 0 Å². The quantitative estimate of drug-likeness (QED) is 0.702. The number of hydrogen-bond acceptors (Lipinski definition) is 5. The Labute approximate surface area is 151 Å². The van der Waals surface area contributed by atoms with Crippen LogP contribution in [0.5, 0.6) is 0 Å². The van der Waals surface area contributed by atoms with Crippen LogP contribution in [0.25, 0.3) is 0 Å². The van der Waals surface area contributed by atoms with Gasteiger partial charge >= 0.3 is 5.97 Å². The van der Waals surface area contributed by atoms with Gasteiger partial charge in [-0.15, -0.1) is 0 Å². The highest BCUT2D eigenvalue weighted by molar-refractivity contribution is 7.88. The van der Waals surface area contributed by atoms with Crippen LogP contribution in [0, 0.1) is 5.82 Å². The number of aliphatic carboxylic acids is 1. The van der Waals surface area contributed by atoms with Crippen molar-refractivity contribution in [2.45, 2.75) is 12.5 Å². The summed E-state index contributed by atoms with van der Waals surface area (Å²) in [6.07, 6.45) is 0.159. The van der Waals surface area contributed by atoms with E-state index < -0.39 is 34.5 Å². The first kappa shape index (κ1) is 20.3. The first-order valence-corrected chi connectivity index (χ1v) is 9.81. The Morgan fingerprint density at radius 1 is 1.38 bits per heavy atom. The highest BCUT2D eigenvalue weighted by atomic mass is 32.2. The molecule has 0 bridgehead atoms. The Morgan fingerprint density at radius 2 is 2.08 bits per heavy atom. The van der Waals surface area contributed by atoms with Gasteiger partial charge in [-0.1, -0.05) is 18.2 Å². The second kappa shape index (κ2) is 8.56. The average molecular weight is 388 g/mol. The van der Waals surface area contributed by atoms with Crippen molar-refractivity contribution < 1.29 is 32.2 Å². The average Bonchev–Trinajstić information content (AvgIpc) is 2.55. The molecule has 0 radical (unpaired) electrons. The summed E-state index contributed by atoms with van der Waals surface area (Å²) in [4.78, 5) is 24.7. The molecule has 0 saturated carbocycles. The van der Waals surface area contributed by atoms with E-state index in [-0.39, 0.29) is 37.6 Å². The molecule has 1 atom stereocenters. The summed E-state index contributed by atoms with van der Waals surface area (Å²) < 4.78 is 43.4. The topological polar surface area (TPSA) is 104 Å². The van der Waals surface area contributed by atoms with Crippen molar-refractivity contribution in [2.75, 3.05) is 39.0 Å². The Bertz CT molecular complexity index is 770. The molecule has 0 spiro atoms. The number of halogens is 1. The second-order valence-corrected chi connectivity index (χ2v) is 8.03. The first-order chi connectivity index (χ1) is 12.2. The van der Waals surface area contributed by atoms with Gasteiger partial charge in [0.15, 0.2) is 0 Å². The maximum atomic E-state index is 13.7. The van der Waals surface area contributed by atoms with Crippen molar-refractivity contribution in [3.63, 3.8) is 0 Å². The van der Waals surface area contributed by atoms with E-state index in [1.807, 2.05) is 0 Å². The number of carboxylic acids is 1. The Balaban J connectivity index is 2.00. The lowest BCUT2D eigenvalue weighted by molar-refractivity contribution is -0.141. The van der Waals surface area contributed by atoms with Gasteiger partial charge in [0.2, 0.25) is 15.9 Å². The van der Waals surface area contributed by atoms with Gasteiger partial charge < -0.3 is 14.7 Å². The predicted molar refractivity (Wildman–Crippen MR) is 90.5 cm³/mol. The smallest absolute Gasteiger partial charge is 0.318 e. The molecule has 1 saturated heterocycles. The number of carbonyl (C=O) groups excluding carboxylic acids is 1. The molecule has 0 aliphatic carbocycles. The van der Waals surface area contributed by atoms with Crippen LogP contribution in [0.1, 0.15) is 5.56 Å². The maximum absolute atomic E-state index is 13.7. The molecule has 1 aliphatic heterocycles. The summed E-state index contributed by atoms with van der Waals surface area (Å²) in [5, 5.41) is 8.86.